The van der Waals surface area contributed by atoms with E-state index >= 15 is 0 Å². The summed E-state index contributed by atoms with van der Waals surface area (Å²) in [5.74, 6) is -0.133. The molecule has 1 atom stereocenters. The number of amides is 1. The Bertz CT molecular complexity index is 1440. The zero-order valence-corrected chi connectivity index (χ0v) is 20.2. The molecule has 2 N–H and O–H groups in total. The molecule has 11 heteroatoms. The molecule has 1 aromatic carbocycles. The molecule has 2 aromatic heterocycles. The van der Waals surface area contributed by atoms with Crippen molar-refractivity contribution >= 4 is 44.1 Å². The quantitative estimate of drug-likeness (QED) is 0.529. The van der Waals surface area contributed by atoms with Crippen molar-refractivity contribution in [2.45, 2.75) is 49.5 Å². The molecular weight excluding hydrogens is 480 g/mol. The summed E-state index contributed by atoms with van der Waals surface area (Å²) in [6.07, 6.45) is 7.71. The number of halogens is 1. The fourth-order valence-corrected chi connectivity index (χ4v) is 5.21. The molecule has 3 aromatic rings. The molecule has 0 radical (unpaired) electrons. The summed E-state index contributed by atoms with van der Waals surface area (Å²) in [7, 11) is -3.58. The molecule has 0 aliphatic heterocycles. The zero-order chi connectivity index (χ0) is 24.5. The van der Waals surface area contributed by atoms with Crippen molar-refractivity contribution in [1.29, 1.82) is 0 Å². The van der Waals surface area contributed by atoms with Crippen LogP contribution in [0, 0.1) is 5.92 Å². The summed E-state index contributed by atoms with van der Waals surface area (Å²) >= 11 is 5.87. The molecule has 0 spiro atoms. The van der Waals surface area contributed by atoms with Crippen LogP contribution in [0.5, 0.6) is 0 Å². The fourth-order valence-electron chi connectivity index (χ4n) is 4.45. The molecule has 0 bridgehead atoms. The molecule has 0 saturated heterocycles. The van der Waals surface area contributed by atoms with Crippen LogP contribution >= 0.6 is 11.6 Å². The van der Waals surface area contributed by atoms with E-state index in [1.165, 1.54) is 30.5 Å². The van der Waals surface area contributed by atoms with Gasteiger partial charge in [-0.15, -0.1) is 0 Å². The van der Waals surface area contributed by atoms with Crippen molar-refractivity contribution in [1.82, 2.24) is 14.5 Å². The normalized spacial score (nSPS) is 15.8. The monoisotopic (exact) mass is 504 g/mol. The van der Waals surface area contributed by atoms with E-state index in [1.807, 2.05) is 0 Å². The highest BCUT2D eigenvalue weighted by atomic mass is 35.5. The van der Waals surface area contributed by atoms with Crippen molar-refractivity contribution in [3.63, 3.8) is 0 Å². The number of pyridine rings is 1. The van der Waals surface area contributed by atoms with Crippen LogP contribution in [-0.2, 0) is 14.6 Å². The van der Waals surface area contributed by atoms with Crippen LogP contribution in [0.2, 0.25) is 5.02 Å². The Balaban J connectivity index is 1.81. The van der Waals surface area contributed by atoms with Gasteiger partial charge in [-0.25, -0.2) is 22.8 Å². The van der Waals surface area contributed by atoms with Crippen molar-refractivity contribution in [2.24, 2.45) is 5.92 Å². The Labute approximate surface area is 201 Å². The fraction of sp³-hybridized carbons (Fsp3) is 0.391. The predicted molar refractivity (Wildman–Crippen MR) is 130 cm³/mol. The van der Waals surface area contributed by atoms with Crippen molar-refractivity contribution in [3.05, 3.63) is 62.4 Å². The van der Waals surface area contributed by atoms with E-state index in [9.17, 15) is 22.8 Å². The van der Waals surface area contributed by atoms with E-state index in [2.05, 4.69) is 15.3 Å². The molecule has 1 aliphatic rings. The average molecular weight is 505 g/mol. The molecule has 1 amide bonds. The number of aromatic nitrogens is 3. The third-order valence-corrected chi connectivity index (χ3v) is 7.54. The maximum absolute atomic E-state index is 13.4. The minimum absolute atomic E-state index is 0.0218. The first-order valence-electron chi connectivity index (χ1n) is 11.0. The number of nitrogens with one attached hydrogen (secondary N) is 2. The van der Waals surface area contributed by atoms with Crippen LogP contribution in [0.1, 0.15) is 44.6 Å². The van der Waals surface area contributed by atoms with E-state index in [1.54, 1.807) is 6.07 Å². The number of benzene rings is 1. The molecule has 1 saturated carbocycles. The Morgan fingerprint density at radius 3 is 2.59 bits per heavy atom. The van der Waals surface area contributed by atoms with Crippen molar-refractivity contribution in [2.75, 3.05) is 11.6 Å². The van der Waals surface area contributed by atoms with Gasteiger partial charge in [-0.1, -0.05) is 43.7 Å². The van der Waals surface area contributed by atoms with Crippen LogP contribution in [0.15, 0.2) is 51.0 Å². The molecule has 4 rings (SSSR count). The molecule has 1 unspecified atom stereocenters. The number of rotatable bonds is 6. The van der Waals surface area contributed by atoms with Gasteiger partial charge in [-0.05, 0) is 42.7 Å². The zero-order valence-electron chi connectivity index (χ0n) is 18.6. The maximum Gasteiger partial charge on any atom is 0.329 e. The molecule has 180 valence electrons. The van der Waals surface area contributed by atoms with Gasteiger partial charge in [0.1, 0.15) is 11.9 Å². The van der Waals surface area contributed by atoms with Gasteiger partial charge < -0.3 is 10.3 Å². The number of aromatic amines is 1. The topological polar surface area (TPSA) is 131 Å². The minimum Gasteiger partial charge on any atom is -0.309 e. The number of anilines is 1. The molecule has 1 aliphatic carbocycles. The Hall–Kier alpha value is -2.98. The summed E-state index contributed by atoms with van der Waals surface area (Å²) in [5.41, 5.74) is -1.25. The second kappa shape index (κ2) is 9.71. The average Bonchev–Trinajstić information content (AvgIpc) is 2.79. The van der Waals surface area contributed by atoms with Crippen LogP contribution in [-0.4, -0.2) is 35.1 Å². The molecule has 2 heterocycles. The van der Waals surface area contributed by atoms with Gasteiger partial charge in [0.25, 0.3) is 5.56 Å². The van der Waals surface area contributed by atoms with Gasteiger partial charge in [0.15, 0.2) is 9.84 Å². The lowest BCUT2D eigenvalue weighted by Crippen LogP contribution is -2.43. The SMILES string of the molecule is CS(=O)(=O)c1ccc2[nH]c(=O)n(C(CC3CCCCC3)C(=O)Nc3ccc(Cl)cn3)c(=O)c2c1. The lowest BCUT2D eigenvalue weighted by atomic mass is 9.84. The van der Waals surface area contributed by atoms with Gasteiger partial charge in [0.05, 0.1) is 20.8 Å². The van der Waals surface area contributed by atoms with E-state index in [0.29, 0.717) is 11.4 Å². The number of hydrogen-bond donors (Lipinski definition) is 2. The Morgan fingerprint density at radius 1 is 1.21 bits per heavy atom. The molecular formula is C23H25ClN4O5S. The number of H-pyrrole nitrogens is 1. The molecule has 9 nitrogen and oxygen atoms in total. The second-order valence-corrected chi connectivity index (χ2v) is 11.1. The smallest absolute Gasteiger partial charge is 0.309 e. The lowest BCUT2D eigenvalue weighted by molar-refractivity contribution is -0.120. The summed E-state index contributed by atoms with van der Waals surface area (Å²) in [4.78, 5) is 46.4. The first-order chi connectivity index (χ1) is 16.1. The third-order valence-electron chi connectivity index (χ3n) is 6.20. The standard InChI is InChI=1S/C23H25ClN4O5S/c1-34(32,33)16-8-9-18-17(12-16)22(30)28(23(31)26-18)19(11-14-5-3-2-4-6-14)21(29)27-20-10-7-15(24)13-25-20/h7-10,12-14,19H,2-6,11H2,1H3,(H,26,31)(H,25,27,29). The molecule has 34 heavy (non-hydrogen) atoms. The van der Waals surface area contributed by atoms with Gasteiger partial charge in [0.2, 0.25) is 5.91 Å². The van der Waals surface area contributed by atoms with Gasteiger partial charge in [0, 0.05) is 12.5 Å². The van der Waals surface area contributed by atoms with Crippen molar-refractivity contribution < 1.29 is 13.2 Å². The maximum atomic E-state index is 13.4. The number of fused-ring (bicyclic) bond motifs is 1. The largest absolute Gasteiger partial charge is 0.329 e. The number of carbonyl (C=O) groups is 1. The van der Waals surface area contributed by atoms with E-state index in [-0.39, 0.29) is 27.5 Å². The van der Waals surface area contributed by atoms with Crippen LogP contribution < -0.4 is 16.6 Å². The number of hydrogen-bond acceptors (Lipinski definition) is 6. The highest BCUT2D eigenvalue weighted by Gasteiger charge is 2.29. The van der Waals surface area contributed by atoms with E-state index < -0.39 is 33.0 Å². The first kappa shape index (κ1) is 24.2. The highest BCUT2D eigenvalue weighted by Crippen LogP contribution is 2.31. The summed E-state index contributed by atoms with van der Waals surface area (Å²) in [6.45, 7) is 0. The van der Waals surface area contributed by atoms with Gasteiger partial charge >= 0.3 is 5.69 Å². The van der Waals surface area contributed by atoms with Gasteiger partial charge in [-0.2, -0.15) is 0 Å². The minimum atomic E-state index is -3.58. The lowest BCUT2D eigenvalue weighted by Gasteiger charge is -2.26. The second-order valence-electron chi connectivity index (χ2n) is 8.69. The highest BCUT2D eigenvalue weighted by molar-refractivity contribution is 7.90. The van der Waals surface area contributed by atoms with Crippen LogP contribution in [0.4, 0.5) is 5.82 Å². The number of nitrogens with zero attached hydrogens (tertiary/aromatic N) is 2. The van der Waals surface area contributed by atoms with Crippen LogP contribution in [0.25, 0.3) is 10.9 Å². The predicted octanol–water partition coefficient (Wildman–Crippen LogP) is 3.29. The summed E-state index contributed by atoms with van der Waals surface area (Å²) in [5, 5.41) is 3.10. The van der Waals surface area contributed by atoms with Gasteiger partial charge in [-0.3, -0.25) is 9.59 Å². The van der Waals surface area contributed by atoms with Crippen LogP contribution in [0.3, 0.4) is 0 Å². The Morgan fingerprint density at radius 2 is 1.94 bits per heavy atom. The van der Waals surface area contributed by atoms with E-state index in [4.69, 9.17) is 11.6 Å². The first-order valence-corrected chi connectivity index (χ1v) is 13.3. The van der Waals surface area contributed by atoms with Crippen molar-refractivity contribution in [3.8, 4) is 0 Å². The Kier molecular flexibility index (Phi) is 6.90. The summed E-state index contributed by atoms with van der Waals surface area (Å²) < 4.78 is 24.9. The number of carbonyl (C=O) groups excluding carboxylic acids is 1. The van der Waals surface area contributed by atoms with E-state index in [0.717, 1.165) is 42.9 Å². The number of sulfone groups is 1. The molecule has 1 fully saturated rings. The third kappa shape index (κ3) is 5.23. The summed E-state index contributed by atoms with van der Waals surface area (Å²) in [6, 6.07) is 5.95.